The van der Waals surface area contributed by atoms with E-state index in [9.17, 15) is 0 Å². The minimum Gasteiger partial charge on any atom is -0.271 e. The molecule has 1 saturated carbocycles. The first-order chi connectivity index (χ1) is 6.26. The van der Waals surface area contributed by atoms with Gasteiger partial charge >= 0.3 is 0 Å². The highest BCUT2D eigenvalue weighted by Gasteiger charge is 2.24. The largest absolute Gasteiger partial charge is 0.271 e. The summed E-state index contributed by atoms with van der Waals surface area (Å²) in [5, 5.41) is 0. The van der Waals surface area contributed by atoms with Crippen molar-refractivity contribution in [2.45, 2.75) is 59.4 Å². The van der Waals surface area contributed by atoms with Crippen molar-refractivity contribution in [3.8, 4) is 0 Å². The van der Waals surface area contributed by atoms with Crippen LogP contribution in [0.15, 0.2) is 0 Å². The van der Waals surface area contributed by atoms with Crippen molar-refractivity contribution < 1.29 is 0 Å². The van der Waals surface area contributed by atoms with Gasteiger partial charge in [-0.3, -0.25) is 11.3 Å². The van der Waals surface area contributed by atoms with Crippen molar-refractivity contribution in [3.63, 3.8) is 0 Å². The van der Waals surface area contributed by atoms with Gasteiger partial charge in [0.15, 0.2) is 0 Å². The summed E-state index contributed by atoms with van der Waals surface area (Å²) in [6.07, 6.45) is 5.24. The molecule has 0 heterocycles. The second-order valence-electron chi connectivity index (χ2n) is 3.95. The van der Waals surface area contributed by atoms with Gasteiger partial charge in [-0.2, -0.15) is 0 Å². The van der Waals surface area contributed by atoms with E-state index in [0.29, 0.717) is 6.04 Å². The van der Waals surface area contributed by atoms with E-state index in [0.717, 1.165) is 11.8 Å². The predicted molar refractivity (Wildman–Crippen MR) is 59.3 cm³/mol. The lowest BCUT2D eigenvalue weighted by Gasteiger charge is -2.32. The van der Waals surface area contributed by atoms with Crippen molar-refractivity contribution in [2.24, 2.45) is 17.7 Å². The van der Waals surface area contributed by atoms with Crippen LogP contribution in [0.25, 0.3) is 0 Å². The third-order valence-electron chi connectivity index (χ3n) is 2.85. The van der Waals surface area contributed by atoms with Crippen LogP contribution in [-0.2, 0) is 0 Å². The number of nitrogens with one attached hydrogen (secondary N) is 1. The fraction of sp³-hybridized carbons (Fsp3) is 1.00. The molecule has 1 aliphatic rings. The Hall–Kier alpha value is -0.0800. The zero-order valence-corrected chi connectivity index (χ0v) is 9.64. The molecule has 0 aromatic rings. The molecule has 0 radical (unpaired) electrons. The van der Waals surface area contributed by atoms with Crippen molar-refractivity contribution in [1.29, 1.82) is 0 Å². The predicted octanol–water partition coefficient (Wildman–Crippen LogP) is 2.69. The monoisotopic (exact) mass is 186 g/mol. The lowest BCUT2D eigenvalue weighted by molar-refractivity contribution is 0.223. The van der Waals surface area contributed by atoms with Crippen LogP contribution < -0.4 is 11.3 Å². The Morgan fingerprint density at radius 2 is 1.85 bits per heavy atom. The van der Waals surface area contributed by atoms with Gasteiger partial charge in [0.25, 0.3) is 0 Å². The number of rotatable bonds is 2. The molecular formula is C11H26N2. The van der Waals surface area contributed by atoms with Gasteiger partial charge in [0.2, 0.25) is 0 Å². The fourth-order valence-electron chi connectivity index (χ4n) is 2.22. The average Bonchev–Trinajstić information content (AvgIpc) is 2.20. The van der Waals surface area contributed by atoms with Crippen LogP contribution in [0, 0.1) is 11.8 Å². The lowest BCUT2D eigenvalue weighted by atomic mass is 9.78. The number of hydrogen-bond acceptors (Lipinski definition) is 2. The molecule has 3 atom stereocenters. The molecule has 0 aliphatic heterocycles. The topological polar surface area (TPSA) is 38.0 Å². The van der Waals surface area contributed by atoms with Crippen LogP contribution in [0.1, 0.15) is 53.4 Å². The Kier molecular flexibility index (Phi) is 7.29. The average molecular weight is 186 g/mol. The number of nitrogens with two attached hydrogens (primary N) is 1. The second kappa shape index (κ2) is 7.34. The van der Waals surface area contributed by atoms with Crippen LogP contribution in [0.2, 0.25) is 0 Å². The zero-order valence-electron chi connectivity index (χ0n) is 9.64. The molecular weight excluding hydrogens is 160 g/mol. The highest BCUT2D eigenvalue weighted by atomic mass is 15.2. The smallest absolute Gasteiger partial charge is 0.0215 e. The minimum atomic E-state index is 0.573. The second-order valence-corrected chi connectivity index (χ2v) is 3.95. The van der Waals surface area contributed by atoms with Crippen LogP contribution in [0.3, 0.4) is 0 Å². The highest BCUT2D eigenvalue weighted by molar-refractivity contribution is 4.79. The Morgan fingerprint density at radius 1 is 1.23 bits per heavy atom. The van der Waals surface area contributed by atoms with E-state index in [4.69, 9.17) is 5.84 Å². The van der Waals surface area contributed by atoms with E-state index in [1.165, 1.54) is 25.7 Å². The molecule has 2 nitrogen and oxygen atoms in total. The molecule has 1 fully saturated rings. The SMILES string of the molecule is CC.CCC1CC(C)CC(NN)C1. The molecule has 80 valence electrons. The first-order valence-corrected chi connectivity index (χ1v) is 5.72. The van der Waals surface area contributed by atoms with Crippen LogP contribution in [-0.4, -0.2) is 6.04 Å². The van der Waals surface area contributed by atoms with E-state index >= 15 is 0 Å². The molecule has 1 aliphatic carbocycles. The van der Waals surface area contributed by atoms with Crippen molar-refractivity contribution >= 4 is 0 Å². The maximum absolute atomic E-state index is 5.43. The summed E-state index contributed by atoms with van der Waals surface area (Å²) in [6.45, 7) is 8.60. The van der Waals surface area contributed by atoms with E-state index in [-0.39, 0.29) is 0 Å². The Morgan fingerprint density at radius 3 is 2.31 bits per heavy atom. The van der Waals surface area contributed by atoms with Crippen LogP contribution in [0.5, 0.6) is 0 Å². The fourth-order valence-corrected chi connectivity index (χ4v) is 2.22. The molecule has 0 aromatic carbocycles. The zero-order chi connectivity index (χ0) is 10.3. The normalized spacial score (nSPS) is 33.5. The molecule has 0 aromatic heterocycles. The molecule has 0 spiro atoms. The van der Waals surface area contributed by atoms with Gasteiger partial charge in [0.05, 0.1) is 0 Å². The summed E-state index contributed by atoms with van der Waals surface area (Å²) in [6, 6.07) is 0.573. The molecule has 0 bridgehead atoms. The first kappa shape index (κ1) is 12.9. The van der Waals surface area contributed by atoms with Gasteiger partial charge in [-0.15, -0.1) is 0 Å². The van der Waals surface area contributed by atoms with Crippen molar-refractivity contribution in [2.75, 3.05) is 0 Å². The van der Waals surface area contributed by atoms with E-state index in [1.54, 1.807) is 0 Å². The standard InChI is InChI=1S/C9H20N2.C2H6/c1-3-8-4-7(2)5-9(6-8)11-10;1-2/h7-9,11H,3-6,10H2,1-2H3;1-2H3. The third-order valence-corrected chi connectivity index (χ3v) is 2.85. The summed E-state index contributed by atoms with van der Waals surface area (Å²) in [4.78, 5) is 0. The maximum Gasteiger partial charge on any atom is 0.0215 e. The van der Waals surface area contributed by atoms with E-state index < -0.39 is 0 Å². The van der Waals surface area contributed by atoms with Crippen LogP contribution >= 0.6 is 0 Å². The summed E-state index contributed by atoms with van der Waals surface area (Å²) in [7, 11) is 0. The highest BCUT2D eigenvalue weighted by Crippen LogP contribution is 2.30. The summed E-state index contributed by atoms with van der Waals surface area (Å²) >= 11 is 0. The Labute approximate surface area is 83.2 Å². The van der Waals surface area contributed by atoms with Gasteiger partial charge in [-0.25, -0.2) is 0 Å². The lowest BCUT2D eigenvalue weighted by Crippen LogP contribution is -2.40. The van der Waals surface area contributed by atoms with E-state index in [2.05, 4.69) is 19.3 Å². The molecule has 13 heavy (non-hydrogen) atoms. The number of hydrazine groups is 1. The van der Waals surface area contributed by atoms with Gasteiger partial charge in [-0.05, 0) is 31.1 Å². The maximum atomic E-state index is 5.43. The summed E-state index contributed by atoms with van der Waals surface area (Å²) in [5.74, 6) is 7.19. The Bertz CT molecular complexity index is 103. The van der Waals surface area contributed by atoms with Crippen molar-refractivity contribution in [1.82, 2.24) is 5.43 Å². The van der Waals surface area contributed by atoms with Gasteiger partial charge < -0.3 is 0 Å². The molecule has 1 rings (SSSR count). The summed E-state index contributed by atoms with van der Waals surface area (Å²) in [5.41, 5.74) is 2.90. The quantitative estimate of drug-likeness (QED) is 0.514. The molecule has 0 saturated heterocycles. The Balaban J connectivity index is 0.000000671. The third kappa shape index (κ3) is 4.63. The molecule has 3 unspecified atom stereocenters. The molecule has 0 amide bonds. The van der Waals surface area contributed by atoms with Gasteiger partial charge in [-0.1, -0.05) is 34.1 Å². The van der Waals surface area contributed by atoms with Gasteiger partial charge in [0.1, 0.15) is 0 Å². The molecule has 3 N–H and O–H groups in total. The molecule has 2 heteroatoms. The van der Waals surface area contributed by atoms with Crippen LogP contribution in [0.4, 0.5) is 0 Å². The summed E-state index contributed by atoms with van der Waals surface area (Å²) < 4.78 is 0. The van der Waals surface area contributed by atoms with Crippen molar-refractivity contribution in [3.05, 3.63) is 0 Å². The van der Waals surface area contributed by atoms with Gasteiger partial charge in [0, 0.05) is 6.04 Å². The van der Waals surface area contributed by atoms with E-state index in [1.807, 2.05) is 13.8 Å². The minimum absolute atomic E-state index is 0.573. The number of hydrogen-bond donors (Lipinski definition) is 2. The first-order valence-electron chi connectivity index (χ1n) is 5.72.